The number of nitrogens with one attached hydrogen (secondary N) is 2. The molecule has 1 aliphatic rings. The quantitative estimate of drug-likeness (QED) is 0.901. The van der Waals surface area contributed by atoms with E-state index in [4.69, 9.17) is 0 Å². The molecule has 0 aliphatic carbocycles. The van der Waals surface area contributed by atoms with Gasteiger partial charge in [-0.15, -0.1) is 0 Å². The van der Waals surface area contributed by atoms with Gasteiger partial charge in [-0.25, -0.2) is 0 Å². The SMILES string of the molecule is Cc1cc(NC(=O)c2ccc[nH]c2=O)ccc1N1CCN(C)CC1. The standard InChI is InChI=1S/C18H22N4O2/c1-13-12-14(20-18(24)15-4-3-7-19-17(15)23)5-6-16(13)22-10-8-21(2)9-11-22/h3-7,12H,8-11H2,1-2H3,(H,19,23)(H,20,24). The normalized spacial score (nSPS) is 15.3. The molecule has 2 heterocycles. The first-order valence-electron chi connectivity index (χ1n) is 8.08. The topological polar surface area (TPSA) is 68.4 Å². The number of carbonyl (C=O) groups excluding carboxylic acids is 1. The van der Waals surface area contributed by atoms with Gasteiger partial charge in [-0.2, -0.15) is 0 Å². The molecule has 2 aromatic rings. The third-order valence-electron chi connectivity index (χ3n) is 4.36. The third-order valence-corrected chi connectivity index (χ3v) is 4.36. The van der Waals surface area contributed by atoms with E-state index in [0.717, 1.165) is 31.7 Å². The van der Waals surface area contributed by atoms with Crippen LogP contribution in [0.2, 0.25) is 0 Å². The van der Waals surface area contributed by atoms with Gasteiger partial charge in [0.1, 0.15) is 5.56 Å². The highest BCUT2D eigenvalue weighted by Gasteiger charge is 2.16. The summed E-state index contributed by atoms with van der Waals surface area (Å²) in [5, 5.41) is 2.79. The van der Waals surface area contributed by atoms with E-state index < -0.39 is 5.91 Å². The molecule has 24 heavy (non-hydrogen) atoms. The van der Waals surface area contributed by atoms with Crippen molar-refractivity contribution in [2.45, 2.75) is 6.92 Å². The number of aryl methyl sites for hydroxylation is 1. The smallest absolute Gasteiger partial charge is 0.261 e. The van der Waals surface area contributed by atoms with Gasteiger partial charge in [0, 0.05) is 43.8 Å². The molecule has 1 amide bonds. The lowest BCUT2D eigenvalue weighted by Gasteiger charge is -2.35. The largest absolute Gasteiger partial charge is 0.369 e. The van der Waals surface area contributed by atoms with Gasteiger partial charge in [0.25, 0.3) is 11.5 Å². The molecule has 6 heteroatoms. The van der Waals surface area contributed by atoms with E-state index in [-0.39, 0.29) is 11.1 Å². The first kappa shape index (κ1) is 16.3. The molecule has 1 aliphatic heterocycles. The van der Waals surface area contributed by atoms with E-state index in [1.807, 2.05) is 25.1 Å². The number of likely N-dealkylation sites (N-methyl/N-ethyl adjacent to an activating group) is 1. The average molecular weight is 326 g/mol. The lowest BCUT2D eigenvalue weighted by molar-refractivity contribution is 0.102. The second-order valence-corrected chi connectivity index (χ2v) is 6.16. The fourth-order valence-electron chi connectivity index (χ4n) is 2.93. The van der Waals surface area contributed by atoms with E-state index in [2.05, 4.69) is 27.1 Å². The Morgan fingerprint density at radius 1 is 1.17 bits per heavy atom. The number of nitrogens with zero attached hydrogens (tertiary/aromatic N) is 2. The second-order valence-electron chi connectivity index (χ2n) is 6.16. The number of H-pyrrole nitrogens is 1. The summed E-state index contributed by atoms with van der Waals surface area (Å²) in [6.45, 7) is 6.15. The van der Waals surface area contributed by atoms with Gasteiger partial charge in [-0.05, 0) is 49.9 Å². The molecular weight excluding hydrogens is 304 g/mol. The van der Waals surface area contributed by atoms with Crippen molar-refractivity contribution in [3.8, 4) is 0 Å². The zero-order valence-electron chi connectivity index (χ0n) is 14.0. The van der Waals surface area contributed by atoms with Crippen LogP contribution in [-0.4, -0.2) is 49.0 Å². The number of aromatic amines is 1. The Morgan fingerprint density at radius 3 is 2.58 bits per heavy atom. The minimum absolute atomic E-state index is 0.110. The maximum Gasteiger partial charge on any atom is 0.261 e. The first-order valence-corrected chi connectivity index (χ1v) is 8.08. The van der Waals surface area contributed by atoms with Crippen molar-refractivity contribution >= 4 is 17.3 Å². The Morgan fingerprint density at radius 2 is 1.92 bits per heavy atom. The Labute approximate surface area is 141 Å². The number of carbonyl (C=O) groups is 1. The van der Waals surface area contributed by atoms with Gasteiger partial charge in [-0.1, -0.05) is 0 Å². The summed E-state index contributed by atoms with van der Waals surface area (Å²) in [6, 6.07) is 9.02. The highest BCUT2D eigenvalue weighted by Crippen LogP contribution is 2.24. The lowest BCUT2D eigenvalue weighted by atomic mass is 10.1. The van der Waals surface area contributed by atoms with E-state index in [9.17, 15) is 9.59 Å². The zero-order valence-corrected chi connectivity index (χ0v) is 14.0. The second kappa shape index (κ2) is 6.88. The van der Waals surface area contributed by atoms with Crippen LogP contribution in [0.5, 0.6) is 0 Å². The monoisotopic (exact) mass is 326 g/mol. The summed E-state index contributed by atoms with van der Waals surface area (Å²) in [4.78, 5) is 31.1. The van der Waals surface area contributed by atoms with E-state index in [1.54, 1.807) is 6.07 Å². The van der Waals surface area contributed by atoms with E-state index >= 15 is 0 Å². The Kier molecular flexibility index (Phi) is 4.66. The summed E-state index contributed by atoms with van der Waals surface area (Å²) < 4.78 is 0. The molecule has 1 aromatic carbocycles. The van der Waals surface area contributed by atoms with Crippen LogP contribution in [-0.2, 0) is 0 Å². The first-order chi connectivity index (χ1) is 11.5. The van der Waals surface area contributed by atoms with Gasteiger partial charge < -0.3 is 20.1 Å². The van der Waals surface area contributed by atoms with Crippen molar-refractivity contribution in [2.75, 3.05) is 43.4 Å². The van der Waals surface area contributed by atoms with Crippen LogP contribution in [0.1, 0.15) is 15.9 Å². The van der Waals surface area contributed by atoms with Crippen molar-refractivity contribution in [3.63, 3.8) is 0 Å². The molecule has 126 valence electrons. The molecule has 0 saturated carbocycles. The molecule has 0 spiro atoms. The van der Waals surface area contributed by atoms with Gasteiger partial charge in [0.15, 0.2) is 0 Å². The molecular formula is C18H22N4O2. The van der Waals surface area contributed by atoms with Crippen LogP contribution < -0.4 is 15.8 Å². The average Bonchev–Trinajstić information content (AvgIpc) is 2.56. The summed E-state index contributed by atoms with van der Waals surface area (Å²) in [5.41, 5.74) is 2.72. The third kappa shape index (κ3) is 3.49. The molecule has 1 aromatic heterocycles. The number of aromatic nitrogens is 1. The van der Waals surface area contributed by atoms with Crippen molar-refractivity contribution in [1.29, 1.82) is 0 Å². The number of piperazine rings is 1. The van der Waals surface area contributed by atoms with Crippen LogP contribution >= 0.6 is 0 Å². The fourth-order valence-corrected chi connectivity index (χ4v) is 2.93. The van der Waals surface area contributed by atoms with Crippen molar-refractivity contribution < 1.29 is 4.79 Å². The Bertz CT molecular complexity index is 792. The van der Waals surface area contributed by atoms with E-state index in [1.165, 1.54) is 18.0 Å². The predicted octanol–water partition coefficient (Wildman–Crippen LogP) is 1.69. The van der Waals surface area contributed by atoms with Gasteiger partial charge in [0.2, 0.25) is 0 Å². The molecule has 1 fully saturated rings. The highest BCUT2D eigenvalue weighted by molar-refractivity contribution is 6.04. The number of anilines is 2. The van der Waals surface area contributed by atoms with Crippen molar-refractivity contribution in [1.82, 2.24) is 9.88 Å². The van der Waals surface area contributed by atoms with Gasteiger partial charge >= 0.3 is 0 Å². The molecule has 0 bridgehead atoms. The minimum Gasteiger partial charge on any atom is -0.369 e. The number of amides is 1. The van der Waals surface area contributed by atoms with Gasteiger partial charge in [0.05, 0.1) is 0 Å². The molecule has 0 radical (unpaired) electrons. The van der Waals surface area contributed by atoms with Crippen LogP contribution in [0.3, 0.4) is 0 Å². The van der Waals surface area contributed by atoms with Gasteiger partial charge in [-0.3, -0.25) is 9.59 Å². The fraction of sp³-hybridized carbons (Fsp3) is 0.333. The Balaban J connectivity index is 1.74. The predicted molar refractivity (Wildman–Crippen MR) is 95.9 cm³/mol. The summed E-state index contributed by atoms with van der Waals surface area (Å²) >= 11 is 0. The van der Waals surface area contributed by atoms with E-state index in [0.29, 0.717) is 5.69 Å². The number of benzene rings is 1. The minimum atomic E-state index is -0.399. The molecule has 6 nitrogen and oxygen atoms in total. The Hall–Kier alpha value is -2.60. The summed E-state index contributed by atoms with van der Waals surface area (Å²) in [5.74, 6) is -0.399. The molecule has 3 rings (SSSR count). The van der Waals surface area contributed by atoms with Crippen LogP contribution in [0.15, 0.2) is 41.3 Å². The molecule has 0 unspecified atom stereocenters. The summed E-state index contributed by atoms with van der Waals surface area (Å²) in [7, 11) is 2.13. The van der Waals surface area contributed by atoms with Crippen molar-refractivity contribution in [2.24, 2.45) is 0 Å². The molecule has 1 saturated heterocycles. The number of hydrogen-bond donors (Lipinski definition) is 2. The van der Waals surface area contributed by atoms with Crippen LogP contribution in [0.4, 0.5) is 11.4 Å². The molecule has 0 atom stereocenters. The summed E-state index contributed by atoms with van der Waals surface area (Å²) in [6.07, 6.45) is 1.51. The number of rotatable bonds is 3. The number of pyridine rings is 1. The maximum absolute atomic E-state index is 12.2. The molecule has 2 N–H and O–H groups in total. The zero-order chi connectivity index (χ0) is 17.1. The van der Waals surface area contributed by atoms with Crippen LogP contribution in [0.25, 0.3) is 0 Å². The van der Waals surface area contributed by atoms with Crippen molar-refractivity contribution in [3.05, 3.63) is 58.0 Å². The van der Waals surface area contributed by atoms with Crippen LogP contribution in [0, 0.1) is 6.92 Å². The number of hydrogen-bond acceptors (Lipinski definition) is 4. The maximum atomic E-state index is 12.2. The highest BCUT2D eigenvalue weighted by atomic mass is 16.2. The lowest BCUT2D eigenvalue weighted by Crippen LogP contribution is -2.44.